The van der Waals surface area contributed by atoms with Crippen molar-refractivity contribution in [2.24, 2.45) is 0 Å². The number of phenols is 1. The second-order valence-electron chi connectivity index (χ2n) is 9.36. The number of hydrogen-bond donors (Lipinski definition) is 1. The molecule has 0 spiro atoms. The van der Waals surface area contributed by atoms with Gasteiger partial charge in [0, 0.05) is 18.0 Å². The number of hydrogen-bond acceptors (Lipinski definition) is 5. The SMILES string of the molecule is Cc1ccc(-c2c(Cc3ccc(OCCN4CCCCC4)cc3)c3ccc(O)cc3oc2=O)cc1. The third kappa shape index (κ3) is 5.41. The summed E-state index contributed by atoms with van der Waals surface area (Å²) in [5.41, 5.74) is 4.46. The van der Waals surface area contributed by atoms with Gasteiger partial charge in [0.2, 0.25) is 0 Å². The number of nitrogens with zero attached hydrogens (tertiary/aromatic N) is 1. The molecule has 1 aromatic heterocycles. The van der Waals surface area contributed by atoms with E-state index in [1.807, 2.05) is 49.4 Å². The molecule has 1 N–H and O–H groups in total. The Kier molecular flexibility index (Phi) is 6.87. The highest BCUT2D eigenvalue weighted by Gasteiger charge is 2.17. The first-order valence-corrected chi connectivity index (χ1v) is 12.4. The Morgan fingerprint density at radius 1 is 0.943 bits per heavy atom. The predicted octanol–water partition coefficient (Wildman–Crippen LogP) is 5.93. The topological polar surface area (TPSA) is 62.9 Å². The number of phenolic OH excluding ortho intramolecular Hbond substituents is 1. The van der Waals surface area contributed by atoms with E-state index in [9.17, 15) is 9.90 Å². The van der Waals surface area contributed by atoms with Crippen molar-refractivity contribution >= 4 is 11.0 Å². The van der Waals surface area contributed by atoms with E-state index in [0.29, 0.717) is 24.2 Å². The van der Waals surface area contributed by atoms with Crippen LogP contribution in [0.3, 0.4) is 0 Å². The Bertz CT molecular complexity index is 1350. The van der Waals surface area contributed by atoms with Crippen molar-refractivity contribution < 1.29 is 14.3 Å². The molecule has 0 atom stereocenters. The summed E-state index contributed by atoms with van der Waals surface area (Å²) in [5, 5.41) is 10.7. The van der Waals surface area contributed by atoms with Gasteiger partial charge in [0.15, 0.2) is 0 Å². The van der Waals surface area contributed by atoms with Crippen LogP contribution in [0.25, 0.3) is 22.1 Å². The lowest BCUT2D eigenvalue weighted by Gasteiger charge is -2.26. The van der Waals surface area contributed by atoms with E-state index < -0.39 is 5.63 Å². The Morgan fingerprint density at radius 2 is 1.69 bits per heavy atom. The summed E-state index contributed by atoms with van der Waals surface area (Å²) in [7, 11) is 0. The lowest BCUT2D eigenvalue weighted by Crippen LogP contribution is -2.33. The lowest BCUT2D eigenvalue weighted by molar-refractivity contribution is 0.183. The van der Waals surface area contributed by atoms with Crippen LogP contribution in [0, 0.1) is 6.92 Å². The van der Waals surface area contributed by atoms with Crippen molar-refractivity contribution in [3.63, 3.8) is 0 Å². The van der Waals surface area contributed by atoms with Crippen LogP contribution in [0.1, 0.15) is 36.0 Å². The minimum atomic E-state index is -0.403. The molecule has 0 bridgehead atoms. The molecule has 1 aliphatic rings. The molecular formula is C30H31NO4. The smallest absolute Gasteiger partial charge is 0.344 e. The third-order valence-electron chi connectivity index (χ3n) is 6.77. The molecule has 0 unspecified atom stereocenters. The van der Waals surface area contributed by atoms with Gasteiger partial charge in [-0.2, -0.15) is 0 Å². The zero-order valence-electron chi connectivity index (χ0n) is 20.1. The lowest BCUT2D eigenvalue weighted by atomic mass is 9.93. The van der Waals surface area contributed by atoms with Gasteiger partial charge in [0.25, 0.3) is 0 Å². The van der Waals surface area contributed by atoms with E-state index in [1.165, 1.54) is 38.4 Å². The van der Waals surface area contributed by atoms with Crippen molar-refractivity contribution in [3.8, 4) is 22.6 Å². The van der Waals surface area contributed by atoms with Crippen LogP contribution < -0.4 is 10.4 Å². The monoisotopic (exact) mass is 469 g/mol. The molecule has 0 aliphatic carbocycles. The van der Waals surface area contributed by atoms with Gasteiger partial charge < -0.3 is 14.3 Å². The maximum atomic E-state index is 13.1. The zero-order valence-corrected chi connectivity index (χ0v) is 20.1. The van der Waals surface area contributed by atoms with Gasteiger partial charge in [-0.1, -0.05) is 48.4 Å². The third-order valence-corrected chi connectivity index (χ3v) is 6.77. The molecule has 5 rings (SSSR count). The molecule has 0 saturated carbocycles. The van der Waals surface area contributed by atoms with Crippen LogP contribution in [0.2, 0.25) is 0 Å². The summed E-state index contributed by atoms with van der Waals surface area (Å²) in [4.78, 5) is 15.5. The van der Waals surface area contributed by atoms with E-state index in [2.05, 4.69) is 17.0 Å². The number of piperidine rings is 1. The van der Waals surface area contributed by atoms with Gasteiger partial charge in [0.05, 0.1) is 5.56 Å². The molecule has 4 aromatic rings. The van der Waals surface area contributed by atoms with Crippen LogP contribution in [0.4, 0.5) is 0 Å². The molecule has 5 nitrogen and oxygen atoms in total. The molecule has 5 heteroatoms. The summed E-state index contributed by atoms with van der Waals surface area (Å²) < 4.78 is 11.6. The maximum absolute atomic E-state index is 13.1. The molecule has 0 radical (unpaired) electrons. The number of fused-ring (bicyclic) bond motifs is 1. The standard InChI is InChI=1S/C30H31NO4/c1-21-5-9-23(10-6-21)29-27(26-14-11-24(32)20-28(26)35-30(29)33)19-22-7-12-25(13-8-22)34-18-17-31-15-3-2-4-16-31/h5-14,20,32H,2-4,15-19H2,1H3. The molecule has 180 valence electrons. The van der Waals surface area contributed by atoms with Gasteiger partial charge in [0.1, 0.15) is 23.7 Å². The normalized spacial score (nSPS) is 14.3. The van der Waals surface area contributed by atoms with Crippen LogP contribution in [-0.2, 0) is 6.42 Å². The molecule has 1 saturated heterocycles. The molecule has 35 heavy (non-hydrogen) atoms. The molecule has 0 amide bonds. The minimum Gasteiger partial charge on any atom is -0.508 e. The summed E-state index contributed by atoms with van der Waals surface area (Å²) in [6.07, 6.45) is 4.46. The van der Waals surface area contributed by atoms with Crippen molar-refractivity contribution in [1.82, 2.24) is 4.90 Å². The van der Waals surface area contributed by atoms with Crippen molar-refractivity contribution in [3.05, 3.63) is 93.8 Å². The van der Waals surface area contributed by atoms with Crippen LogP contribution >= 0.6 is 0 Å². The minimum absolute atomic E-state index is 0.0701. The molecule has 2 heterocycles. The summed E-state index contributed by atoms with van der Waals surface area (Å²) in [6, 6.07) is 20.9. The largest absolute Gasteiger partial charge is 0.508 e. The van der Waals surface area contributed by atoms with E-state index in [-0.39, 0.29) is 5.75 Å². The molecular weight excluding hydrogens is 438 g/mol. The van der Waals surface area contributed by atoms with E-state index >= 15 is 0 Å². The van der Waals surface area contributed by atoms with Crippen molar-refractivity contribution in [2.75, 3.05) is 26.2 Å². The van der Waals surface area contributed by atoms with Gasteiger partial charge in [-0.25, -0.2) is 4.79 Å². The maximum Gasteiger partial charge on any atom is 0.344 e. The second kappa shape index (κ2) is 10.4. The number of ether oxygens (including phenoxy) is 1. The second-order valence-corrected chi connectivity index (χ2v) is 9.36. The van der Waals surface area contributed by atoms with Crippen LogP contribution in [0.5, 0.6) is 11.5 Å². The first-order chi connectivity index (χ1) is 17.1. The Hall–Kier alpha value is -3.57. The average Bonchev–Trinajstić information content (AvgIpc) is 2.86. The molecule has 3 aromatic carbocycles. The van der Waals surface area contributed by atoms with Gasteiger partial charge in [-0.05, 0) is 80.2 Å². The first-order valence-electron chi connectivity index (χ1n) is 12.4. The van der Waals surface area contributed by atoms with Crippen LogP contribution in [0.15, 0.2) is 75.9 Å². The Balaban J connectivity index is 1.41. The van der Waals surface area contributed by atoms with Crippen molar-refractivity contribution in [2.45, 2.75) is 32.6 Å². The number of likely N-dealkylation sites (tertiary alicyclic amines) is 1. The number of rotatable bonds is 7. The van der Waals surface area contributed by atoms with Gasteiger partial charge in [-0.3, -0.25) is 4.90 Å². The van der Waals surface area contributed by atoms with E-state index in [4.69, 9.17) is 9.15 Å². The summed E-state index contributed by atoms with van der Waals surface area (Å²) in [5.74, 6) is 0.924. The first kappa shape index (κ1) is 23.2. The Morgan fingerprint density at radius 3 is 2.43 bits per heavy atom. The van der Waals surface area contributed by atoms with Gasteiger partial charge in [-0.15, -0.1) is 0 Å². The van der Waals surface area contributed by atoms with Gasteiger partial charge >= 0.3 is 5.63 Å². The molecule has 1 aliphatic heterocycles. The highest BCUT2D eigenvalue weighted by atomic mass is 16.5. The van der Waals surface area contributed by atoms with Crippen molar-refractivity contribution in [1.29, 1.82) is 0 Å². The fraction of sp³-hybridized carbons (Fsp3) is 0.300. The zero-order chi connectivity index (χ0) is 24.2. The Labute approximate surface area is 205 Å². The number of benzene rings is 3. The highest BCUT2D eigenvalue weighted by Crippen LogP contribution is 2.31. The average molecular weight is 470 g/mol. The predicted molar refractivity (Wildman–Crippen MR) is 139 cm³/mol. The highest BCUT2D eigenvalue weighted by molar-refractivity contribution is 5.88. The number of aromatic hydroxyl groups is 1. The van der Waals surface area contributed by atoms with E-state index in [0.717, 1.165) is 39.9 Å². The molecule has 1 fully saturated rings. The summed E-state index contributed by atoms with van der Waals surface area (Å²) >= 11 is 0. The fourth-order valence-electron chi connectivity index (χ4n) is 4.83. The summed E-state index contributed by atoms with van der Waals surface area (Å²) in [6.45, 7) is 6.00. The number of aryl methyl sites for hydroxylation is 1. The quantitative estimate of drug-likeness (QED) is 0.340. The van der Waals surface area contributed by atoms with Crippen LogP contribution in [-0.4, -0.2) is 36.2 Å². The fourth-order valence-corrected chi connectivity index (χ4v) is 4.83. The van der Waals surface area contributed by atoms with E-state index in [1.54, 1.807) is 6.07 Å².